The maximum atomic E-state index is 11.3. The second-order valence-corrected chi connectivity index (χ2v) is 5.08. The highest BCUT2D eigenvalue weighted by atomic mass is 16.5. The Morgan fingerprint density at radius 1 is 1.11 bits per heavy atom. The lowest BCUT2D eigenvalue weighted by atomic mass is 9.98. The molecule has 19 heavy (non-hydrogen) atoms. The summed E-state index contributed by atoms with van der Waals surface area (Å²) in [4.78, 5) is 21.6. The number of hydrogen-bond acceptors (Lipinski definition) is 3. The van der Waals surface area contributed by atoms with Crippen LogP contribution >= 0.6 is 0 Å². The van der Waals surface area contributed by atoms with Crippen LogP contribution in [-0.4, -0.2) is 36.2 Å². The fraction of sp³-hybridized carbons (Fsp3) is 0.857. The van der Waals surface area contributed by atoms with E-state index in [1.807, 2.05) is 0 Å². The summed E-state index contributed by atoms with van der Waals surface area (Å²) in [7, 11) is 0. The van der Waals surface area contributed by atoms with Gasteiger partial charge in [0.25, 0.3) is 0 Å². The van der Waals surface area contributed by atoms with Gasteiger partial charge in [0.15, 0.2) is 0 Å². The molecule has 1 rings (SSSR count). The van der Waals surface area contributed by atoms with Crippen molar-refractivity contribution in [3.8, 4) is 0 Å². The number of rotatable bonds is 9. The van der Waals surface area contributed by atoms with E-state index in [2.05, 4.69) is 5.32 Å². The van der Waals surface area contributed by atoms with E-state index in [0.29, 0.717) is 25.7 Å². The maximum Gasteiger partial charge on any atom is 0.303 e. The van der Waals surface area contributed by atoms with Crippen LogP contribution in [0.2, 0.25) is 0 Å². The molecule has 0 aromatic rings. The second-order valence-electron chi connectivity index (χ2n) is 5.08. The highest BCUT2D eigenvalue weighted by molar-refractivity contribution is 5.76. The van der Waals surface area contributed by atoms with Crippen LogP contribution in [0.3, 0.4) is 0 Å². The molecule has 0 heterocycles. The molecule has 0 saturated heterocycles. The second kappa shape index (κ2) is 9.78. The minimum absolute atomic E-state index is 0.0538. The number of hydrogen-bond donors (Lipinski definition) is 2. The van der Waals surface area contributed by atoms with Gasteiger partial charge in [-0.15, -0.1) is 0 Å². The molecule has 0 aromatic heterocycles. The van der Waals surface area contributed by atoms with Gasteiger partial charge in [-0.25, -0.2) is 0 Å². The normalized spacial score (nSPS) is 16.2. The van der Waals surface area contributed by atoms with E-state index < -0.39 is 5.97 Å². The highest BCUT2D eigenvalue weighted by Gasteiger charge is 2.13. The number of amides is 1. The average molecular weight is 271 g/mol. The molecule has 0 aromatic carbocycles. The molecule has 1 amide bonds. The Labute approximate surface area is 114 Å². The number of carbonyl (C=O) groups excluding carboxylic acids is 1. The molecule has 5 heteroatoms. The molecule has 5 nitrogen and oxygen atoms in total. The first-order valence-corrected chi connectivity index (χ1v) is 7.28. The van der Waals surface area contributed by atoms with Crippen LogP contribution in [0.1, 0.15) is 57.8 Å². The van der Waals surface area contributed by atoms with E-state index in [1.165, 1.54) is 32.1 Å². The van der Waals surface area contributed by atoms with Gasteiger partial charge in [-0.1, -0.05) is 19.3 Å². The molecule has 0 unspecified atom stereocenters. The molecular formula is C14H25NO4. The van der Waals surface area contributed by atoms with E-state index in [-0.39, 0.29) is 18.7 Å². The fourth-order valence-corrected chi connectivity index (χ4v) is 2.27. The molecule has 1 saturated carbocycles. The van der Waals surface area contributed by atoms with Crippen molar-refractivity contribution in [1.82, 2.24) is 5.32 Å². The molecule has 0 bridgehead atoms. The van der Waals surface area contributed by atoms with E-state index in [1.54, 1.807) is 0 Å². The van der Waals surface area contributed by atoms with Gasteiger partial charge in [0.1, 0.15) is 0 Å². The lowest BCUT2D eigenvalue weighted by Gasteiger charge is -2.21. The summed E-state index contributed by atoms with van der Waals surface area (Å²) in [5.74, 6) is -0.924. The molecule has 0 atom stereocenters. The van der Waals surface area contributed by atoms with E-state index >= 15 is 0 Å². The zero-order valence-electron chi connectivity index (χ0n) is 11.5. The minimum Gasteiger partial charge on any atom is -0.481 e. The molecule has 1 aliphatic rings. The van der Waals surface area contributed by atoms with Crippen molar-refractivity contribution in [3.05, 3.63) is 0 Å². The van der Waals surface area contributed by atoms with Crippen LogP contribution in [0, 0.1) is 0 Å². The van der Waals surface area contributed by atoms with Crippen LogP contribution in [0.5, 0.6) is 0 Å². The summed E-state index contributed by atoms with van der Waals surface area (Å²) in [6.07, 6.45) is 8.18. The van der Waals surface area contributed by atoms with Gasteiger partial charge in [-0.3, -0.25) is 9.59 Å². The summed E-state index contributed by atoms with van der Waals surface area (Å²) < 4.78 is 5.75. The molecule has 0 aliphatic heterocycles. The summed E-state index contributed by atoms with van der Waals surface area (Å²) in [6, 6.07) is 0. The smallest absolute Gasteiger partial charge is 0.303 e. The van der Waals surface area contributed by atoms with Gasteiger partial charge >= 0.3 is 5.97 Å². The van der Waals surface area contributed by atoms with Crippen LogP contribution < -0.4 is 5.32 Å². The Morgan fingerprint density at radius 2 is 1.84 bits per heavy atom. The Balaban J connectivity index is 1.89. The van der Waals surface area contributed by atoms with Crippen LogP contribution in [0.15, 0.2) is 0 Å². The Morgan fingerprint density at radius 3 is 2.53 bits per heavy atom. The van der Waals surface area contributed by atoms with Gasteiger partial charge in [0.2, 0.25) is 5.91 Å². The highest BCUT2D eigenvalue weighted by Crippen LogP contribution is 2.20. The van der Waals surface area contributed by atoms with Crippen LogP contribution in [-0.2, 0) is 14.3 Å². The van der Waals surface area contributed by atoms with Gasteiger partial charge in [-0.05, 0) is 25.7 Å². The van der Waals surface area contributed by atoms with Gasteiger partial charge < -0.3 is 15.2 Å². The van der Waals surface area contributed by atoms with E-state index in [9.17, 15) is 9.59 Å². The number of carboxylic acid groups (broad SMARTS) is 1. The third-order valence-electron chi connectivity index (χ3n) is 3.34. The van der Waals surface area contributed by atoms with Gasteiger partial charge in [0.05, 0.1) is 6.10 Å². The summed E-state index contributed by atoms with van der Waals surface area (Å²) in [5, 5.41) is 11.2. The Kier molecular flexibility index (Phi) is 8.21. The van der Waals surface area contributed by atoms with Crippen molar-refractivity contribution in [1.29, 1.82) is 0 Å². The van der Waals surface area contributed by atoms with Crippen LogP contribution in [0.4, 0.5) is 0 Å². The summed E-state index contributed by atoms with van der Waals surface area (Å²) in [5.41, 5.74) is 0. The number of nitrogens with one attached hydrogen (secondary N) is 1. The number of carboxylic acids is 1. The van der Waals surface area contributed by atoms with Gasteiger partial charge in [0, 0.05) is 26.0 Å². The van der Waals surface area contributed by atoms with E-state index in [0.717, 1.165) is 6.42 Å². The zero-order chi connectivity index (χ0) is 13.9. The average Bonchev–Trinajstić information content (AvgIpc) is 2.39. The van der Waals surface area contributed by atoms with Crippen molar-refractivity contribution < 1.29 is 19.4 Å². The van der Waals surface area contributed by atoms with Crippen molar-refractivity contribution >= 4 is 11.9 Å². The number of ether oxygens (including phenoxy) is 1. The quantitative estimate of drug-likeness (QED) is 0.630. The van der Waals surface area contributed by atoms with Crippen molar-refractivity contribution in [3.63, 3.8) is 0 Å². The first-order chi connectivity index (χ1) is 9.18. The predicted molar refractivity (Wildman–Crippen MR) is 71.9 cm³/mol. The van der Waals surface area contributed by atoms with E-state index in [4.69, 9.17) is 9.84 Å². The molecule has 2 N–H and O–H groups in total. The standard InChI is InChI=1S/C14H25NO4/c16-13(8-4-9-14(17)18)15-10-5-11-19-12-6-2-1-3-7-12/h12H,1-11H2,(H,15,16)(H,17,18). The fourth-order valence-electron chi connectivity index (χ4n) is 2.27. The first-order valence-electron chi connectivity index (χ1n) is 7.28. The third kappa shape index (κ3) is 8.59. The topological polar surface area (TPSA) is 75.6 Å². The monoisotopic (exact) mass is 271 g/mol. The zero-order valence-corrected chi connectivity index (χ0v) is 11.5. The molecule has 0 radical (unpaired) electrons. The molecule has 110 valence electrons. The number of aliphatic carboxylic acids is 1. The lowest BCUT2D eigenvalue weighted by molar-refractivity contribution is -0.137. The lowest BCUT2D eigenvalue weighted by Crippen LogP contribution is -2.26. The minimum atomic E-state index is -0.853. The van der Waals surface area contributed by atoms with Crippen molar-refractivity contribution in [2.45, 2.75) is 63.9 Å². The Hall–Kier alpha value is -1.10. The van der Waals surface area contributed by atoms with Crippen LogP contribution in [0.25, 0.3) is 0 Å². The largest absolute Gasteiger partial charge is 0.481 e. The summed E-state index contributed by atoms with van der Waals surface area (Å²) >= 11 is 0. The Bertz CT molecular complexity index is 275. The first kappa shape index (κ1) is 16.0. The molecule has 1 aliphatic carbocycles. The third-order valence-corrected chi connectivity index (χ3v) is 3.34. The molecule has 1 fully saturated rings. The maximum absolute atomic E-state index is 11.3. The van der Waals surface area contributed by atoms with Gasteiger partial charge in [-0.2, -0.15) is 0 Å². The number of carbonyl (C=O) groups is 2. The molecular weight excluding hydrogens is 246 g/mol. The predicted octanol–water partition coefficient (Wildman–Crippen LogP) is 2.10. The summed E-state index contributed by atoms with van der Waals surface area (Å²) in [6.45, 7) is 1.30. The SMILES string of the molecule is O=C(O)CCCC(=O)NCCCOC1CCCCC1. The van der Waals surface area contributed by atoms with Crippen molar-refractivity contribution in [2.24, 2.45) is 0 Å². The van der Waals surface area contributed by atoms with Crippen molar-refractivity contribution in [2.75, 3.05) is 13.2 Å². The molecule has 0 spiro atoms.